The maximum absolute atomic E-state index is 2.32. The summed E-state index contributed by atoms with van der Waals surface area (Å²) in [7, 11) is 0. The van der Waals surface area contributed by atoms with Gasteiger partial charge >= 0.3 is 0 Å². The average molecular weight is 184 g/mol. The van der Waals surface area contributed by atoms with Crippen LogP contribution >= 0.6 is 0 Å². The third kappa shape index (κ3) is 1.95. The molecular weight excluding hydrogens is 168 g/mol. The fourth-order valence-corrected chi connectivity index (χ4v) is 1.97. The van der Waals surface area contributed by atoms with Crippen molar-refractivity contribution in [3.63, 3.8) is 0 Å². The molecule has 0 aliphatic heterocycles. The van der Waals surface area contributed by atoms with E-state index in [0.29, 0.717) is 11.8 Å². The molecule has 2 unspecified atom stereocenters. The molecule has 0 amide bonds. The highest BCUT2D eigenvalue weighted by molar-refractivity contribution is 5.23. The van der Waals surface area contributed by atoms with Crippen LogP contribution in [0.2, 0.25) is 0 Å². The first kappa shape index (κ1) is 9.26. The van der Waals surface area contributed by atoms with E-state index in [2.05, 4.69) is 61.6 Å². The van der Waals surface area contributed by atoms with E-state index in [1.54, 1.807) is 0 Å². The monoisotopic (exact) mass is 184 g/mol. The van der Waals surface area contributed by atoms with Crippen molar-refractivity contribution >= 4 is 0 Å². The van der Waals surface area contributed by atoms with Crippen molar-refractivity contribution in [2.24, 2.45) is 5.92 Å². The van der Waals surface area contributed by atoms with E-state index in [9.17, 15) is 0 Å². The van der Waals surface area contributed by atoms with Crippen LogP contribution in [0.5, 0.6) is 0 Å². The minimum absolute atomic E-state index is 0.623. The summed E-state index contributed by atoms with van der Waals surface area (Å²) in [5.74, 6) is 1.29. The molecule has 1 aliphatic rings. The van der Waals surface area contributed by atoms with E-state index >= 15 is 0 Å². The average Bonchev–Trinajstić information content (AvgIpc) is 2.30. The van der Waals surface area contributed by atoms with Gasteiger partial charge in [0.25, 0.3) is 0 Å². The van der Waals surface area contributed by atoms with Gasteiger partial charge < -0.3 is 0 Å². The Labute approximate surface area is 86.0 Å². The van der Waals surface area contributed by atoms with Gasteiger partial charge in [-0.15, -0.1) is 0 Å². The Kier molecular flexibility index (Phi) is 2.83. The highest BCUT2D eigenvalue weighted by atomic mass is 14.2. The Hall–Kier alpha value is -1.30. The molecule has 0 nitrogen and oxygen atoms in total. The molecular formula is C14H16. The molecule has 14 heavy (non-hydrogen) atoms. The second kappa shape index (κ2) is 4.28. The van der Waals surface area contributed by atoms with Gasteiger partial charge in [0.2, 0.25) is 0 Å². The van der Waals surface area contributed by atoms with Crippen molar-refractivity contribution in [2.75, 3.05) is 0 Å². The van der Waals surface area contributed by atoms with Gasteiger partial charge in [-0.25, -0.2) is 0 Å². The van der Waals surface area contributed by atoms with Crippen LogP contribution in [0.3, 0.4) is 0 Å². The van der Waals surface area contributed by atoms with Gasteiger partial charge in [-0.05, 0) is 23.8 Å². The molecule has 1 aliphatic carbocycles. The van der Waals surface area contributed by atoms with Gasteiger partial charge in [0.05, 0.1) is 0 Å². The lowest BCUT2D eigenvalue weighted by molar-refractivity contribution is 0.544. The number of hydrogen-bond donors (Lipinski definition) is 0. The van der Waals surface area contributed by atoms with Crippen LogP contribution < -0.4 is 0 Å². The quantitative estimate of drug-likeness (QED) is 0.653. The maximum atomic E-state index is 2.32. The summed E-state index contributed by atoms with van der Waals surface area (Å²) in [6.45, 7) is 2.31. The summed E-state index contributed by atoms with van der Waals surface area (Å²) < 4.78 is 0. The third-order valence-electron chi connectivity index (χ3n) is 2.98. The topological polar surface area (TPSA) is 0 Å². The lowest BCUT2D eigenvalue weighted by atomic mass is 9.84. The molecule has 0 saturated heterocycles. The van der Waals surface area contributed by atoms with E-state index in [0.717, 1.165) is 0 Å². The van der Waals surface area contributed by atoms with Gasteiger partial charge in [-0.2, -0.15) is 0 Å². The summed E-state index contributed by atoms with van der Waals surface area (Å²) in [4.78, 5) is 0. The SMILES string of the molecule is CC(c1ccccc1)C1C=CC=CC1. The van der Waals surface area contributed by atoms with Crippen molar-refractivity contribution in [1.29, 1.82) is 0 Å². The molecule has 0 heterocycles. The van der Waals surface area contributed by atoms with E-state index < -0.39 is 0 Å². The molecule has 0 N–H and O–H groups in total. The molecule has 0 radical (unpaired) electrons. The fraction of sp³-hybridized carbons (Fsp3) is 0.286. The van der Waals surface area contributed by atoms with E-state index in [4.69, 9.17) is 0 Å². The van der Waals surface area contributed by atoms with Crippen LogP contribution in [-0.4, -0.2) is 0 Å². The van der Waals surface area contributed by atoms with Gasteiger partial charge in [0.15, 0.2) is 0 Å². The summed E-state index contributed by atoms with van der Waals surface area (Å²) in [5.41, 5.74) is 1.44. The molecule has 72 valence electrons. The van der Waals surface area contributed by atoms with Crippen molar-refractivity contribution in [1.82, 2.24) is 0 Å². The molecule has 2 atom stereocenters. The van der Waals surface area contributed by atoms with Crippen LogP contribution in [0.15, 0.2) is 54.6 Å². The number of allylic oxidation sites excluding steroid dienone is 4. The Morgan fingerprint density at radius 1 is 1.14 bits per heavy atom. The molecule has 1 aromatic carbocycles. The van der Waals surface area contributed by atoms with Crippen LogP contribution in [0.25, 0.3) is 0 Å². The van der Waals surface area contributed by atoms with Crippen molar-refractivity contribution in [2.45, 2.75) is 19.3 Å². The second-order valence-electron chi connectivity index (χ2n) is 3.91. The maximum Gasteiger partial charge on any atom is -0.0124 e. The number of benzene rings is 1. The molecule has 0 saturated carbocycles. The Bertz CT molecular complexity index is 332. The smallest absolute Gasteiger partial charge is 0.0124 e. The van der Waals surface area contributed by atoms with Crippen molar-refractivity contribution < 1.29 is 0 Å². The molecule has 1 aromatic rings. The minimum atomic E-state index is 0.623. The first-order valence-corrected chi connectivity index (χ1v) is 5.26. The summed E-state index contributed by atoms with van der Waals surface area (Å²) >= 11 is 0. The summed E-state index contributed by atoms with van der Waals surface area (Å²) in [6, 6.07) is 10.8. The fourth-order valence-electron chi connectivity index (χ4n) is 1.97. The third-order valence-corrected chi connectivity index (χ3v) is 2.98. The standard InChI is InChI=1S/C14H16/c1-12(13-8-4-2-5-9-13)14-10-6-3-7-11-14/h2-10,12,14H,11H2,1H3. The van der Waals surface area contributed by atoms with E-state index in [1.807, 2.05) is 0 Å². The zero-order valence-electron chi connectivity index (χ0n) is 8.56. The van der Waals surface area contributed by atoms with E-state index in [1.165, 1.54) is 12.0 Å². The molecule has 0 spiro atoms. The van der Waals surface area contributed by atoms with Gasteiger partial charge in [0, 0.05) is 0 Å². The number of hydrogen-bond acceptors (Lipinski definition) is 0. The van der Waals surface area contributed by atoms with Gasteiger partial charge in [-0.1, -0.05) is 61.6 Å². The van der Waals surface area contributed by atoms with Crippen LogP contribution in [0.4, 0.5) is 0 Å². The molecule has 0 fully saturated rings. The molecule has 2 rings (SSSR count). The Morgan fingerprint density at radius 2 is 1.93 bits per heavy atom. The summed E-state index contributed by atoms with van der Waals surface area (Å²) in [5, 5.41) is 0. The predicted octanol–water partition coefficient (Wildman–Crippen LogP) is 3.92. The highest BCUT2D eigenvalue weighted by Crippen LogP contribution is 2.29. The largest absolute Gasteiger partial charge is 0.0839 e. The minimum Gasteiger partial charge on any atom is -0.0839 e. The second-order valence-corrected chi connectivity index (χ2v) is 3.91. The van der Waals surface area contributed by atoms with Crippen LogP contribution in [-0.2, 0) is 0 Å². The molecule has 0 bridgehead atoms. The van der Waals surface area contributed by atoms with Gasteiger partial charge in [-0.3, -0.25) is 0 Å². The lowest BCUT2D eigenvalue weighted by Gasteiger charge is -2.21. The zero-order valence-corrected chi connectivity index (χ0v) is 8.56. The van der Waals surface area contributed by atoms with Crippen molar-refractivity contribution in [3.8, 4) is 0 Å². The predicted molar refractivity (Wildman–Crippen MR) is 61.2 cm³/mol. The van der Waals surface area contributed by atoms with Crippen molar-refractivity contribution in [3.05, 3.63) is 60.2 Å². The number of rotatable bonds is 2. The first-order chi connectivity index (χ1) is 6.88. The Balaban J connectivity index is 2.12. The highest BCUT2D eigenvalue weighted by Gasteiger charge is 2.15. The Morgan fingerprint density at radius 3 is 2.57 bits per heavy atom. The van der Waals surface area contributed by atoms with Crippen LogP contribution in [0.1, 0.15) is 24.8 Å². The molecule has 0 heteroatoms. The van der Waals surface area contributed by atoms with E-state index in [-0.39, 0.29) is 0 Å². The van der Waals surface area contributed by atoms with Crippen LogP contribution in [0, 0.1) is 5.92 Å². The van der Waals surface area contributed by atoms with Gasteiger partial charge in [0.1, 0.15) is 0 Å². The normalized spacial score (nSPS) is 22.2. The lowest BCUT2D eigenvalue weighted by Crippen LogP contribution is -2.07. The summed E-state index contributed by atoms with van der Waals surface area (Å²) in [6.07, 6.45) is 10.0. The molecule has 0 aromatic heterocycles. The zero-order chi connectivity index (χ0) is 9.80. The first-order valence-electron chi connectivity index (χ1n) is 5.26.